The third-order valence-electron chi connectivity index (χ3n) is 13.9. The van der Waals surface area contributed by atoms with Gasteiger partial charge in [0.25, 0.3) is 0 Å². The van der Waals surface area contributed by atoms with Gasteiger partial charge in [-0.2, -0.15) is 0 Å². The molecule has 0 aliphatic heterocycles. The molecule has 0 heterocycles. The first-order chi connectivity index (χ1) is 40.5. The second-order valence-corrected chi connectivity index (χ2v) is 24.6. The molecule has 83 heavy (non-hydrogen) atoms. The lowest BCUT2D eigenvalue weighted by Crippen LogP contribution is -2.37. The monoisotopic (exact) mass is 1170 g/mol. The van der Waals surface area contributed by atoms with E-state index in [2.05, 4.69) is 148 Å². The number of rotatable bonds is 60. The first kappa shape index (κ1) is 79.2. The lowest BCUT2D eigenvalue weighted by Gasteiger charge is -2.24. The topological polar surface area (TPSA) is 108 Å². The van der Waals surface area contributed by atoms with Gasteiger partial charge in [-0.1, -0.05) is 270 Å². The Labute approximate surface area is 511 Å². The standard InChI is InChI=1S/C73H124NO8P/c1-6-8-10-12-14-16-18-20-22-24-26-27-28-29-30-31-32-33-34-35-36-37-38-39-40-41-42-43-44-45-46-47-48-50-52-54-56-58-60-62-64-66-73(76)82-71(70-81-83(77,78)80-68-67-74(3,4)5)69-79-72(75)65-63-61-59-57-55-53-51-49-25-23-21-19-17-15-13-11-9-7-2/h8,10,14,16-17,19-20,22-23,25-27,29-30,32-33,35-36,38-39,41-42,71H,6-7,9,11-13,15,18,21,24,28,31,34,37,40,43-70H2,1-5H3/p+1/b10-8-,16-14-,19-17-,22-20-,25-23-,27-26-,30-29-,33-32-,36-35-,39-38-,42-41-. The molecule has 9 nitrogen and oxygen atoms in total. The predicted octanol–water partition coefficient (Wildman–Crippen LogP) is 21.7. The SMILES string of the molecule is CC/C=C\C/C=C\C/C=C\C/C=C\C/C=C\C/C=C\C/C=C\C/C=C\C/C=C\CCCCCCCCCCCCCCCC(=O)OC(COC(=O)CCCCCCCCC/C=C\C/C=C\CCCCCC)COP(=O)(O)OCC[N+](C)(C)C. The summed E-state index contributed by atoms with van der Waals surface area (Å²) in [5, 5.41) is 0. The molecule has 10 heteroatoms. The van der Waals surface area contributed by atoms with Gasteiger partial charge < -0.3 is 18.9 Å². The summed E-state index contributed by atoms with van der Waals surface area (Å²) in [6.07, 6.45) is 91.1. The van der Waals surface area contributed by atoms with Gasteiger partial charge in [0.05, 0.1) is 27.7 Å². The molecule has 1 N–H and O–H groups in total. The second-order valence-electron chi connectivity index (χ2n) is 23.1. The molecule has 2 atom stereocenters. The van der Waals surface area contributed by atoms with Crippen molar-refractivity contribution < 1.29 is 42.1 Å². The van der Waals surface area contributed by atoms with Crippen molar-refractivity contribution in [1.29, 1.82) is 0 Å². The van der Waals surface area contributed by atoms with Crippen LogP contribution in [0, 0.1) is 0 Å². The van der Waals surface area contributed by atoms with E-state index >= 15 is 0 Å². The molecule has 0 aromatic rings. The summed E-state index contributed by atoms with van der Waals surface area (Å²) in [5.41, 5.74) is 0. The number of phosphoric acid groups is 1. The molecule has 0 aliphatic rings. The largest absolute Gasteiger partial charge is 0.472 e. The molecule has 0 spiro atoms. The summed E-state index contributed by atoms with van der Waals surface area (Å²) in [5.74, 6) is -0.809. The van der Waals surface area contributed by atoms with E-state index in [4.69, 9.17) is 18.5 Å². The number of quaternary nitrogens is 1. The highest BCUT2D eigenvalue weighted by Crippen LogP contribution is 2.43. The van der Waals surface area contributed by atoms with Crippen LogP contribution in [0.1, 0.15) is 264 Å². The summed E-state index contributed by atoms with van der Waals surface area (Å²) >= 11 is 0. The fourth-order valence-corrected chi connectivity index (χ4v) is 9.55. The number of allylic oxidation sites excluding steroid dienone is 22. The molecule has 0 fully saturated rings. The molecule has 0 bridgehead atoms. The first-order valence-corrected chi connectivity index (χ1v) is 34.9. The van der Waals surface area contributed by atoms with Crippen molar-refractivity contribution in [2.75, 3.05) is 47.5 Å². The van der Waals surface area contributed by atoms with Gasteiger partial charge in [-0.15, -0.1) is 0 Å². The van der Waals surface area contributed by atoms with E-state index in [0.29, 0.717) is 17.4 Å². The average molecular weight is 1180 g/mol. The molecule has 0 saturated heterocycles. The Morgan fingerprint density at radius 1 is 0.386 bits per heavy atom. The van der Waals surface area contributed by atoms with Crippen LogP contribution < -0.4 is 0 Å². The molecular formula is C73H125NO8P+. The zero-order valence-electron chi connectivity index (χ0n) is 53.9. The van der Waals surface area contributed by atoms with Crippen molar-refractivity contribution in [2.24, 2.45) is 0 Å². The number of ether oxygens (including phenoxy) is 2. The molecule has 474 valence electrons. The Morgan fingerprint density at radius 2 is 0.687 bits per heavy atom. The molecule has 0 radical (unpaired) electrons. The Bertz CT molecular complexity index is 1860. The van der Waals surface area contributed by atoms with Gasteiger partial charge in [-0.05, 0) is 116 Å². The number of esters is 2. The van der Waals surface area contributed by atoms with E-state index in [-0.39, 0.29) is 32.0 Å². The van der Waals surface area contributed by atoms with Crippen molar-refractivity contribution in [1.82, 2.24) is 0 Å². The van der Waals surface area contributed by atoms with Gasteiger partial charge in [0, 0.05) is 12.8 Å². The van der Waals surface area contributed by atoms with Crippen LogP contribution in [-0.2, 0) is 32.7 Å². The minimum Gasteiger partial charge on any atom is -0.462 e. The van der Waals surface area contributed by atoms with Crippen LogP contribution in [0.15, 0.2) is 134 Å². The number of phosphoric ester groups is 1. The zero-order chi connectivity index (χ0) is 60.5. The van der Waals surface area contributed by atoms with E-state index < -0.39 is 26.5 Å². The van der Waals surface area contributed by atoms with E-state index in [1.807, 2.05) is 21.1 Å². The Kier molecular flexibility index (Phi) is 59.8. The van der Waals surface area contributed by atoms with Crippen LogP contribution in [0.5, 0.6) is 0 Å². The molecule has 0 aliphatic carbocycles. The van der Waals surface area contributed by atoms with E-state index in [0.717, 1.165) is 116 Å². The molecule has 0 aromatic heterocycles. The predicted molar refractivity (Wildman–Crippen MR) is 357 cm³/mol. The van der Waals surface area contributed by atoms with Crippen molar-refractivity contribution in [3.8, 4) is 0 Å². The second kappa shape index (κ2) is 62.7. The number of unbranched alkanes of at least 4 members (excludes halogenated alkanes) is 24. The molecule has 0 saturated carbocycles. The smallest absolute Gasteiger partial charge is 0.462 e. The summed E-state index contributed by atoms with van der Waals surface area (Å²) < 4.78 is 34.6. The number of hydrogen-bond acceptors (Lipinski definition) is 7. The van der Waals surface area contributed by atoms with E-state index in [1.165, 1.54) is 116 Å². The average Bonchev–Trinajstić information content (AvgIpc) is 3.48. The fourth-order valence-electron chi connectivity index (χ4n) is 8.80. The minimum absolute atomic E-state index is 0.0252. The van der Waals surface area contributed by atoms with Crippen molar-refractivity contribution >= 4 is 19.8 Å². The van der Waals surface area contributed by atoms with Crippen LogP contribution in [0.25, 0.3) is 0 Å². The number of carbonyl (C=O) groups is 2. The number of hydrogen-bond donors (Lipinski definition) is 1. The van der Waals surface area contributed by atoms with Gasteiger partial charge in [-0.3, -0.25) is 18.6 Å². The van der Waals surface area contributed by atoms with Crippen molar-refractivity contribution in [3.05, 3.63) is 134 Å². The van der Waals surface area contributed by atoms with E-state index in [9.17, 15) is 19.0 Å². The number of carbonyl (C=O) groups excluding carboxylic acids is 2. The van der Waals surface area contributed by atoms with Gasteiger partial charge in [0.15, 0.2) is 6.10 Å². The highest BCUT2D eigenvalue weighted by Gasteiger charge is 2.27. The summed E-state index contributed by atoms with van der Waals surface area (Å²) in [6, 6.07) is 0. The van der Waals surface area contributed by atoms with Crippen LogP contribution >= 0.6 is 7.82 Å². The number of nitrogens with zero attached hydrogens (tertiary/aromatic N) is 1. The Morgan fingerprint density at radius 3 is 1.02 bits per heavy atom. The van der Waals surface area contributed by atoms with Gasteiger partial charge >= 0.3 is 19.8 Å². The molecular weight excluding hydrogens is 1050 g/mol. The molecule has 2 unspecified atom stereocenters. The molecule has 0 aromatic carbocycles. The lowest BCUT2D eigenvalue weighted by molar-refractivity contribution is -0.870. The fraction of sp³-hybridized carbons (Fsp3) is 0.671. The summed E-state index contributed by atoms with van der Waals surface area (Å²) in [6.45, 7) is 4.29. The lowest BCUT2D eigenvalue weighted by atomic mass is 10.0. The van der Waals surface area contributed by atoms with Gasteiger partial charge in [0.2, 0.25) is 0 Å². The Balaban J connectivity index is 4.06. The van der Waals surface area contributed by atoms with Crippen molar-refractivity contribution in [2.45, 2.75) is 270 Å². The van der Waals surface area contributed by atoms with Gasteiger partial charge in [0.1, 0.15) is 19.8 Å². The quantitative estimate of drug-likeness (QED) is 0.0211. The first-order valence-electron chi connectivity index (χ1n) is 33.4. The normalized spacial score (nSPS) is 14.0. The van der Waals surface area contributed by atoms with Crippen LogP contribution in [0.3, 0.4) is 0 Å². The summed E-state index contributed by atoms with van der Waals surface area (Å²) in [4.78, 5) is 35.8. The summed E-state index contributed by atoms with van der Waals surface area (Å²) in [7, 11) is 1.46. The van der Waals surface area contributed by atoms with Crippen LogP contribution in [-0.4, -0.2) is 74.9 Å². The van der Waals surface area contributed by atoms with Crippen LogP contribution in [0.4, 0.5) is 0 Å². The number of likely N-dealkylation sites (N-methyl/N-ethyl adjacent to an activating group) is 1. The maximum Gasteiger partial charge on any atom is 0.472 e. The molecule has 0 rings (SSSR count). The third-order valence-corrected chi connectivity index (χ3v) is 14.9. The van der Waals surface area contributed by atoms with Gasteiger partial charge in [-0.25, -0.2) is 4.57 Å². The zero-order valence-corrected chi connectivity index (χ0v) is 54.8. The van der Waals surface area contributed by atoms with Crippen molar-refractivity contribution in [3.63, 3.8) is 0 Å². The highest BCUT2D eigenvalue weighted by atomic mass is 31.2. The van der Waals surface area contributed by atoms with Crippen LogP contribution in [0.2, 0.25) is 0 Å². The maximum absolute atomic E-state index is 12.9. The highest BCUT2D eigenvalue weighted by molar-refractivity contribution is 7.47. The Hall–Kier alpha value is -3.85. The minimum atomic E-state index is -4.40. The third kappa shape index (κ3) is 67.2. The van der Waals surface area contributed by atoms with E-state index in [1.54, 1.807) is 0 Å². The molecule has 0 amide bonds. The maximum atomic E-state index is 12.9.